The first-order valence-corrected chi connectivity index (χ1v) is 10.3. The largest absolute Gasteiger partial charge is 0.548 e. The monoisotopic (exact) mass is 271 g/mol. The van der Waals surface area contributed by atoms with Gasteiger partial charge in [-0.25, -0.2) is 0 Å². The molecule has 0 unspecified atom stereocenters. The van der Waals surface area contributed by atoms with Gasteiger partial charge in [0, 0.05) is 23.7 Å². The lowest BCUT2D eigenvalue weighted by molar-refractivity contribution is -0.530. The number of hydrogen-bond acceptors (Lipinski definition) is 3. The van der Waals surface area contributed by atoms with E-state index in [9.17, 15) is 10.1 Å². The fourth-order valence-electron chi connectivity index (χ4n) is 2.47. The normalized spacial score (nSPS) is 22.9. The van der Waals surface area contributed by atoms with Crippen LogP contribution in [0.2, 0.25) is 19.6 Å². The van der Waals surface area contributed by atoms with E-state index in [1.807, 2.05) is 13.0 Å². The highest BCUT2D eigenvalue weighted by atomic mass is 28.4. The Morgan fingerprint density at radius 3 is 2.67 bits per heavy atom. The lowest BCUT2D eigenvalue weighted by Crippen LogP contribution is -2.28. The first kappa shape index (κ1) is 15.2. The molecule has 1 rings (SSSR count). The van der Waals surface area contributed by atoms with Crippen LogP contribution in [0.1, 0.15) is 39.0 Å². The predicted molar refractivity (Wildman–Crippen MR) is 75.5 cm³/mol. The van der Waals surface area contributed by atoms with Gasteiger partial charge in [0.2, 0.25) is 14.4 Å². The maximum atomic E-state index is 11.1. The first-order chi connectivity index (χ1) is 8.33. The Morgan fingerprint density at radius 1 is 1.50 bits per heavy atom. The van der Waals surface area contributed by atoms with E-state index in [1.165, 1.54) is 0 Å². The van der Waals surface area contributed by atoms with Crippen molar-refractivity contribution < 1.29 is 9.35 Å². The molecular weight excluding hydrogens is 246 g/mol. The molecule has 0 N–H and O–H groups in total. The summed E-state index contributed by atoms with van der Waals surface area (Å²) in [5.74, 6) is 1.04. The van der Waals surface area contributed by atoms with Crippen LogP contribution in [0, 0.1) is 16.0 Å². The van der Waals surface area contributed by atoms with E-state index in [-0.39, 0.29) is 10.8 Å². The summed E-state index contributed by atoms with van der Waals surface area (Å²) in [4.78, 5) is 11.0. The third-order valence-corrected chi connectivity index (χ3v) is 4.11. The second kappa shape index (κ2) is 6.36. The molecule has 0 heterocycles. The highest BCUT2D eigenvalue weighted by Crippen LogP contribution is 2.28. The summed E-state index contributed by atoms with van der Waals surface area (Å²) >= 11 is 0. The zero-order chi connectivity index (χ0) is 13.8. The highest BCUT2D eigenvalue weighted by Gasteiger charge is 2.30. The second-order valence-electron chi connectivity index (χ2n) is 6.02. The van der Waals surface area contributed by atoms with Crippen LogP contribution in [-0.2, 0) is 4.43 Å². The topological polar surface area (TPSA) is 52.4 Å². The Morgan fingerprint density at radius 2 is 2.17 bits per heavy atom. The summed E-state index contributed by atoms with van der Waals surface area (Å²) in [6.45, 7) is 8.35. The Bertz CT molecular complexity index is 323. The zero-order valence-corrected chi connectivity index (χ0v) is 12.9. The van der Waals surface area contributed by atoms with Crippen LogP contribution in [0.5, 0.6) is 0 Å². The number of hydrogen-bond donors (Lipinski definition) is 0. The van der Waals surface area contributed by atoms with Gasteiger partial charge in [-0.1, -0.05) is 13.3 Å². The smallest absolute Gasteiger partial charge is 0.241 e. The standard InChI is InChI=1S/C13H25NO3Si/c1-5-13(14(15)16)11-8-6-7-9-12(10-11)17-18(2,3)4/h10-11,13H,5-9H2,1-4H3/t11-,13+/m1/s1. The highest BCUT2D eigenvalue weighted by molar-refractivity contribution is 6.70. The van der Waals surface area contributed by atoms with Crippen molar-refractivity contribution in [2.75, 3.05) is 0 Å². The van der Waals surface area contributed by atoms with Crippen LogP contribution in [0.25, 0.3) is 0 Å². The van der Waals surface area contributed by atoms with Gasteiger partial charge in [-0.2, -0.15) is 0 Å². The molecule has 1 aliphatic rings. The van der Waals surface area contributed by atoms with E-state index in [0.29, 0.717) is 6.42 Å². The number of allylic oxidation sites excluding steroid dienone is 1. The fraction of sp³-hybridized carbons (Fsp3) is 0.846. The lowest BCUT2D eigenvalue weighted by Gasteiger charge is -2.22. The molecule has 0 aromatic rings. The molecule has 0 aliphatic heterocycles. The lowest BCUT2D eigenvalue weighted by atomic mass is 9.93. The van der Waals surface area contributed by atoms with Crippen molar-refractivity contribution in [2.24, 2.45) is 5.92 Å². The first-order valence-electron chi connectivity index (χ1n) is 6.86. The molecule has 0 radical (unpaired) electrons. The summed E-state index contributed by atoms with van der Waals surface area (Å²) in [5, 5.41) is 11.1. The molecule has 5 heteroatoms. The number of rotatable bonds is 5. The Labute approximate surface area is 111 Å². The van der Waals surface area contributed by atoms with Gasteiger partial charge in [0.1, 0.15) is 0 Å². The molecule has 0 fully saturated rings. The molecule has 0 spiro atoms. The molecule has 2 atom stereocenters. The summed E-state index contributed by atoms with van der Waals surface area (Å²) in [7, 11) is -1.61. The molecule has 104 valence electrons. The minimum atomic E-state index is -1.61. The average molecular weight is 271 g/mol. The predicted octanol–water partition coefficient (Wildman–Crippen LogP) is 3.97. The summed E-state index contributed by atoms with van der Waals surface area (Å²) in [6, 6.07) is -0.455. The van der Waals surface area contributed by atoms with Gasteiger partial charge in [-0.3, -0.25) is 10.1 Å². The summed E-state index contributed by atoms with van der Waals surface area (Å²) < 4.78 is 6.04. The Balaban J connectivity index is 2.83. The average Bonchev–Trinajstić information content (AvgIpc) is 2.41. The maximum Gasteiger partial charge on any atom is 0.241 e. The number of nitro groups is 1. The minimum Gasteiger partial charge on any atom is -0.548 e. The van der Waals surface area contributed by atoms with Crippen LogP contribution in [-0.4, -0.2) is 19.3 Å². The van der Waals surface area contributed by atoms with E-state index in [4.69, 9.17) is 4.43 Å². The summed E-state index contributed by atoms with van der Waals surface area (Å²) in [5.41, 5.74) is 0. The maximum absolute atomic E-state index is 11.1. The third kappa shape index (κ3) is 4.80. The third-order valence-electron chi connectivity index (χ3n) is 3.23. The van der Waals surface area contributed by atoms with Gasteiger partial charge in [0.25, 0.3) is 0 Å². The number of nitrogens with zero attached hydrogens (tertiary/aromatic N) is 1. The van der Waals surface area contributed by atoms with Crippen molar-refractivity contribution in [1.29, 1.82) is 0 Å². The Hall–Kier alpha value is -0.843. The van der Waals surface area contributed by atoms with Crippen LogP contribution in [0.3, 0.4) is 0 Å². The molecule has 0 amide bonds. The van der Waals surface area contributed by atoms with Gasteiger partial charge in [-0.05, 0) is 38.6 Å². The minimum absolute atomic E-state index is 0.0406. The molecule has 0 aromatic heterocycles. The van der Waals surface area contributed by atoms with Crippen molar-refractivity contribution in [3.8, 4) is 0 Å². The van der Waals surface area contributed by atoms with Crippen LogP contribution < -0.4 is 0 Å². The van der Waals surface area contributed by atoms with Gasteiger partial charge in [-0.15, -0.1) is 0 Å². The van der Waals surface area contributed by atoms with E-state index >= 15 is 0 Å². The van der Waals surface area contributed by atoms with Crippen molar-refractivity contribution in [1.82, 2.24) is 0 Å². The van der Waals surface area contributed by atoms with Crippen LogP contribution in [0.4, 0.5) is 0 Å². The molecule has 1 aliphatic carbocycles. The Kier molecular flexibility index (Phi) is 5.38. The molecule has 0 saturated heterocycles. The summed E-state index contributed by atoms with van der Waals surface area (Å²) in [6.07, 6.45) is 6.63. The quantitative estimate of drug-likeness (QED) is 0.432. The van der Waals surface area contributed by atoms with Crippen molar-refractivity contribution in [3.63, 3.8) is 0 Å². The molecule has 18 heavy (non-hydrogen) atoms. The van der Waals surface area contributed by atoms with Gasteiger partial charge >= 0.3 is 0 Å². The van der Waals surface area contributed by atoms with Gasteiger partial charge in [0.15, 0.2) is 0 Å². The molecular formula is C13H25NO3Si. The van der Waals surface area contributed by atoms with Gasteiger partial charge in [0.05, 0.1) is 5.76 Å². The van der Waals surface area contributed by atoms with E-state index in [0.717, 1.165) is 31.4 Å². The van der Waals surface area contributed by atoms with Crippen molar-refractivity contribution >= 4 is 8.32 Å². The molecule has 4 nitrogen and oxygen atoms in total. The fourth-order valence-corrected chi connectivity index (χ4v) is 3.43. The van der Waals surface area contributed by atoms with E-state index in [2.05, 4.69) is 19.6 Å². The van der Waals surface area contributed by atoms with Crippen LogP contribution >= 0.6 is 0 Å². The molecule has 0 aromatic carbocycles. The zero-order valence-electron chi connectivity index (χ0n) is 11.9. The van der Waals surface area contributed by atoms with E-state index in [1.54, 1.807) is 0 Å². The molecule has 0 bridgehead atoms. The van der Waals surface area contributed by atoms with Crippen LogP contribution in [0.15, 0.2) is 11.8 Å². The van der Waals surface area contributed by atoms with E-state index < -0.39 is 14.4 Å². The van der Waals surface area contributed by atoms with Gasteiger partial charge < -0.3 is 4.43 Å². The van der Waals surface area contributed by atoms with Crippen molar-refractivity contribution in [2.45, 2.75) is 64.7 Å². The SMILES string of the molecule is CC[C@@H]([C@H]1C=C(O[Si](C)(C)C)CCCC1)[N+](=O)[O-]. The second-order valence-corrected chi connectivity index (χ2v) is 10.4. The molecule has 0 saturated carbocycles. The van der Waals surface area contributed by atoms with Crippen molar-refractivity contribution in [3.05, 3.63) is 21.9 Å².